The number of hydrogen-bond acceptors (Lipinski definition) is 2. The van der Waals surface area contributed by atoms with Gasteiger partial charge in [-0.3, -0.25) is 9.59 Å². The number of benzene rings is 2. The zero-order chi connectivity index (χ0) is 17.0. The van der Waals surface area contributed by atoms with Crippen molar-refractivity contribution >= 4 is 11.9 Å². The predicted molar refractivity (Wildman–Crippen MR) is 89.6 cm³/mol. The van der Waals surface area contributed by atoms with E-state index in [1.54, 1.807) is 12.1 Å². The van der Waals surface area contributed by atoms with E-state index in [-0.39, 0.29) is 12.3 Å². The Morgan fingerprint density at radius 2 is 1.48 bits per heavy atom. The first-order valence-corrected chi connectivity index (χ1v) is 7.52. The molecule has 2 N–H and O–H groups in total. The van der Waals surface area contributed by atoms with Gasteiger partial charge in [0.25, 0.3) is 5.91 Å². The Morgan fingerprint density at radius 1 is 0.957 bits per heavy atom. The van der Waals surface area contributed by atoms with Gasteiger partial charge in [-0.15, -0.1) is 0 Å². The molecule has 4 nitrogen and oxygen atoms in total. The van der Waals surface area contributed by atoms with Gasteiger partial charge in [0.05, 0.1) is 6.42 Å². The molecule has 0 unspecified atom stereocenters. The Hall–Kier alpha value is -2.62. The zero-order valence-electron chi connectivity index (χ0n) is 13.6. The molecular formula is C19H21NO3. The maximum Gasteiger partial charge on any atom is 0.307 e. The van der Waals surface area contributed by atoms with Crippen LogP contribution >= 0.6 is 0 Å². The SMILES string of the molecule is Cc1cc(C)c(C(=O)NCc2ccc(CC(=O)O)cc2)c(C)c1. The fraction of sp³-hybridized carbons (Fsp3) is 0.263. The lowest BCUT2D eigenvalue weighted by Crippen LogP contribution is -2.24. The van der Waals surface area contributed by atoms with Crippen LogP contribution < -0.4 is 5.32 Å². The minimum absolute atomic E-state index is 0.00833. The monoisotopic (exact) mass is 311 g/mol. The summed E-state index contributed by atoms with van der Waals surface area (Å²) in [6.07, 6.45) is 0.00833. The van der Waals surface area contributed by atoms with Gasteiger partial charge >= 0.3 is 5.97 Å². The Kier molecular flexibility index (Phi) is 5.16. The number of rotatable bonds is 5. The molecule has 0 saturated carbocycles. The van der Waals surface area contributed by atoms with E-state index in [1.165, 1.54) is 0 Å². The van der Waals surface area contributed by atoms with Gasteiger partial charge in [0.1, 0.15) is 0 Å². The first-order valence-electron chi connectivity index (χ1n) is 7.52. The largest absolute Gasteiger partial charge is 0.481 e. The first-order chi connectivity index (χ1) is 10.9. The number of carbonyl (C=O) groups excluding carboxylic acids is 1. The maximum atomic E-state index is 12.4. The average molecular weight is 311 g/mol. The number of carbonyl (C=O) groups is 2. The van der Waals surface area contributed by atoms with Crippen LogP contribution in [0.4, 0.5) is 0 Å². The quantitative estimate of drug-likeness (QED) is 0.891. The lowest BCUT2D eigenvalue weighted by Gasteiger charge is -2.12. The number of carboxylic acid groups (broad SMARTS) is 1. The second-order valence-electron chi connectivity index (χ2n) is 5.84. The van der Waals surface area contributed by atoms with Gasteiger partial charge in [-0.1, -0.05) is 42.0 Å². The fourth-order valence-electron chi connectivity index (χ4n) is 2.76. The minimum Gasteiger partial charge on any atom is -0.481 e. The predicted octanol–water partition coefficient (Wildman–Crippen LogP) is 3.17. The normalized spacial score (nSPS) is 10.4. The van der Waals surface area contributed by atoms with E-state index in [0.717, 1.165) is 33.4 Å². The summed E-state index contributed by atoms with van der Waals surface area (Å²) in [6.45, 7) is 6.31. The third-order valence-electron chi connectivity index (χ3n) is 3.74. The Morgan fingerprint density at radius 3 is 2.00 bits per heavy atom. The van der Waals surface area contributed by atoms with E-state index in [0.29, 0.717) is 6.54 Å². The van der Waals surface area contributed by atoms with Crippen molar-refractivity contribution in [3.05, 3.63) is 69.8 Å². The van der Waals surface area contributed by atoms with Crippen LogP contribution in [-0.2, 0) is 17.8 Å². The van der Waals surface area contributed by atoms with Gasteiger partial charge in [0.15, 0.2) is 0 Å². The van der Waals surface area contributed by atoms with Crippen molar-refractivity contribution in [1.29, 1.82) is 0 Å². The number of aryl methyl sites for hydroxylation is 3. The molecule has 1 amide bonds. The molecule has 0 aliphatic heterocycles. The van der Waals surface area contributed by atoms with Crippen LogP contribution in [0.15, 0.2) is 36.4 Å². The third-order valence-corrected chi connectivity index (χ3v) is 3.74. The number of carboxylic acids is 1. The highest BCUT2D eigenvalue weighted by Gasteiger charge is 2.12. The van der Waals surface area contributed by atoms with E-state index in [4.69, 9.17) is 5.11 Å². The van der Waals surface area contributed by atoms with Crippen LogP contribution in [0.2, 0.25) is 0 Å². The second-order valence-corrected chi connectivity index (χ2v) is 5.84. The van der Waals surface area contributed by atoms with Crippen molar-refractivity contribution in [1.82, 2.24) is 5.32 Å². The third kappa shape index (κ3) is 4.42. The Bertz CT molecular complexity index is 710. The molecule has 0 aliphatic rings. The molecule has 0 bridgehead atoms. The summed E-state index contributed by atoms with van der Waals surface area (Å²) in [5.74, 6) is -0.939. The zero-order valence-corrected chi connectivity index (χ0v) is 13.6. The van der Waals surface area contributed by atoms with Crippen molar-refractivity contribution in [3.8, 4) is 0 Å². The van der Waals surface area contributed by atoms with E-state index in [9.17, 15) is 9.59 Å². The molecule has 2 aromatic rings. The molecular weight excluding hydrogens is 290 g/mol. The molecule has 0 aromatic heterocycles. The summed E-state index contributed by atoms with van der Waals surface area (Å²) in [7, 11) is 0. The van der Waals surface area contributed by atoms with E-state index >= 15 is 0 Å². The number of hydrogen-bond donors (Lipinski definition) is 2. The smallest absolute Gasteiger partial charge is 0.307 e. The van der Waals surface area contributed by atoms with Gasteiger partial charge in [-0.05, 0) is 43.0 Å². The molecule has 120 valence electrons. The number of amides is 1. The van der Waals surface area contributed by atoms with Crippen molar-refractivity contribution in [2.24, 2.45) is 0 Å². The van der Waals surface area contributed by atoms with Crippen molar-refractivity contribution < 1.29 is 14.7 Å². The summed E-state index contributed by atoms with van der Waals surface area (Å²) in [5, 5.41) is 11.7. The summed E-state index contributed by atoms with van der Waals surface area (Å²) in [5.41, 5.74) is 5.49. The van der Waals surface area contributed by atoms with Gasteiger partial charge < -0.3 is 10.4 Å². The molecule has 2 aromatic carbocycles. The van der Waals surface area contributed by atoms with Crippen LogP contribution in [-0.4, -0.2) is 17.0 Å². The molecule has 0 spiro atoms. The second kappa shape index (κ2) is 7.09. The molecule has 2 rings (SSSR count). The van der Waals surface area contributed by atoms with Crippen LogP contribution in [0.25, 0.3) is 0 Å². The molecule has 0 saturated heterocycles. The number of nitrogens with one attached hydrogen (secondary N) is 1. The van der Waals surface area contributed by atoms with Gasteiger partial charge in [-0.25, -0.2) is 0 Å². The standard InChI is InChI=1S/C19H21NO3/c1-12-8-13(2)18(14(3)9-12)19(23)20-11-16-6-4-15(5-7-16)10-17(21)22/h4-9H,10-11H2,1-3H3,(H,20,23)(H,21,22). The first kappa shape index (κ1) is 16.7. The van der Waals surface area contributed by atoms with Crippen LogP contribution in [0.5, 0.6) is 0 Å². The Balaban J connectivity index is 2.03. The molecule has 0 fully saturated rings. The molecule has 23 heavy (non-hydrogen) atoms. The highest BCUT2D eigenvalue weighted by molar-refractivity contribution is 5.97. The van der Waals surface area contributed by atoms with Crippen molar-refractivity contribution in [2.75, 3.05) is 0 Å². The van der Waals surface area contributed by atoms with Crippen molar-refractivity contribution in [3.63, 3.8) is 0 Å². The lowest BCUT2D eigenvalue weighted by atomic mass is 9.99. The average Bonchev–Trinajstić information content (AvgIpc) is 2.45. The molecule has 0 radical (unpaired) electrons. The van der Waals surface area contributed by atoms with Gasteiger partial charge in [0, 0.05) is 12.1 Å². The maximum absolute atomic E-state index is 12.4. The fourth-order valence-corrected chi connectivity index (χ4v) is 2.76. The molecule has 4 heteroatoms. The number of aliphatic carboxylic acids is 1. The summed E-state index contributed by atoms with van der Waals surface area (Å²) < 4.78 is 0. The molecule has 0 aliphatic carbocycles. The highest BCUT2D eigenvalue weighted by Crippen LogP contribution is 2.16. The Labute approximate surface area is 136 Å². The molecule has 0 heterocycles. The summed E-state index contributed by atoms with van der Waals surface area (Å²) >= 11 is 0. The van der Waals surface area contributed by atoms with E-state index in [2.05, 4.69) is 5.32 Å². The van der Waals surface area contributed by atoms with Crippen molar-refractivity contribution in [2.45, 2.75) is 33.7 Å². The van der Waals surface area contributed by atoms with Crippen LogP contribution in [0.3, 0.4) is 0 Å². The van der Waals surface area contributed by atoms with Crippen LogP contribution in [0.1, 0.15) is 38.2 Å². The highest BCUT2D eigenvalue weighted by atomic mass is 16.4. The molecule has 0 atom stereocenters. The van der Waals surface area contributed by atoms with E-state index < -0.39 is 5.97 Å². The van der Waals surface area contributed by atoms with E-state index in [1.807, 2.05) is 45.0 Å². The minimum atomic E-state index is -0.851. The van der Waals surface area contributed by atoms with Crippen LogP contribution in [0, 0.1) is 20.8 Å². The topological polar surface area (TPSA) is 66.4 Å². The lowest BCUT2D eigenvalue weighted by molar-refractivity contribution is -0.136. The van der Waals surface area contributed by atoms with Gasteiger partial charge in [-0.2, -0.15) is 0 Å². The summed E-state index contributed by atoms with van der Waals surface area (Å²) in [6, 6.07) is 11.2. The summed E-state index contributed by atoms with van der Waals surface area (Å²) in [4.78, 5) is 23.1. The van der Waals surface area contributed by atoms with Gasteiger partial charge in [0.2, 0.25) is 0 Å².